The average Bonchev–Trinajstić information content (AvgIpc) is 3.03. The molecular formula is C17H17N3OS. The molecule has 3 rings (SSSR count). The third-order valence-corrected chi connectivity index (χ3v) is 4.27. The summed E-state index contributed by atoms with van der Waals surface area (Å²) in [6.45, 7) is 2.05. The molecule has 4 nitrogen and oxygen atoms in total. The van der Waals surface area contributed by atoms with Crippen LogP contribution in [-0.4, -0.2) is 26.0 Å². The average molecular weight is 311 g/mol. The van der Waals surface area contributed by atoms with Gasteiger partial charge in [-0.15, -0.1) is 5.10 Å². The smallest absolute Gasteiger partial charge is 0.208 e. The quantitative estimate of drug-likeness (QED) is 0.707. The van der Waals surface area contributed by atoms with Crippen LogP contribution in [0.3, 0.4) is 0 Å². The second-order valence-corrected chi connectivity index (χ2v) is 6.06. The van der Waals surface area contributed by atoms with Crippen LogP contribution in [-0.2, 0) is 0 Å². The van der Waals surface area contributed by atoms with Gasteiger partial charge in [0.15, 0.2) is 5.82 Å². The number of nitrogens with one attached hydrogen (secondary N) is 1. The van der Waals surface area contributed by atoms with Crippen molar-refractivity contribution in [3.63, 3.8) is 0 Å². The number of H-pyrrole nitrogens is 1. The van der Waals surface area contributed by atoms with Crippen molar-refractivity contribution >= 4 is 11.8 Å². The number of aliphatic hydroxyl groups excluding tert-OH is 1. The van der Waals surface area contributed by atoms with Crippen LogP contribution < -0.4 is 0 Å². The molecule has 3 aromatic rings. The molecule has 0 aliphatic heterocycles. The second-order valence-electron chi connectivity index (χ2n) is 5.07. The van der Waals surface area contributed by atoms with Gasteiger partial charge in [0.25, 0.3) is 0 Å². The number of aryl methyl sites for hydroxylation is 1. The Balaban J connectivity index is 1.63. The normalized spacial score (nSPS) is 12.3. The van der Waals surface area contributed by atoms with Gasteiger partial charge in [-0.3, -0.25) is 5.10 Å². The van der Waals surface area contributed by atoms with Gasteiger partial charge in [0.05, 0.1) is 6.10 Å². The van der Waals surface area contributed by atoms with Gasteiger partial charge in [0.1, 0.15) is 0 Å². The van der Waals surface area contributed by atoms with Crippen molar-refractivity contribution in [2.45, 2.75) is 18.2 Å². The van der Waals surface area contributed by atoms with Crippen LogP contribution in [0.4, 0.5) is 0 Å². The van der Waals surface area contributed by atoms with Crippen molar-refractivity contribution in [3.8, 4) is 11.4 Å². The summed E-state index contributed by atoms with van der Waals surface area (Å²) in [6.07, 6.45) is -0.521. The fourth-order valence-corrected chi connectivity index (χ4v) is 2.84. The van der Waals surface area contributed by atoms with Crippen LogP contribution in [0.25, 0.3) is 11.4 Å². The highest BCUT2D eigenvalue weighted by molar-refractivity contribution is 7.99. The van der Waals surface area contributed by atoms with E-state index in [-0.39, 0.29) is 0 Å². The molecule has 0 fully saturated rings. The summed E-state index contributed by atoms with van der Waals surface area (Å²) >= 11 is 1.44. The number of hydrogen-bond acceptors (Lipinski definition) is 4. The molecule has 0 bridgehead atoms. The molecule has 0 aliphatic rings. The molecular weight excluding hydrogens is 294 g/mol. The Labute approximate surface area is 133 Å². The molecule has 1 aromatic heterocycles. The highest BCUT2D eigenvalue weighted by atomic mass is 32.2. The van der Waals surface area contributed by atoms with E-state index in [1.165, 1.54) is 17.3 Å². The van der Waals surface area contributed by atoms with E-state index in [0.717, 1.165) is 17.0 Å². The minimum atomic E-state index is -0.521. The molecule has 0 amide bonds. The van der Waals surface area contributed by atoms with Gasteiger partial charge in [-0.05, 0) is 12.5 Å². The fraction of sp³-hybridized carbons (Fsp3) is 0.176. The summed E-state index contributed by atoms with van der Waals surface area (Å²) in [7, 11) is 0. The Morgan fingerprint density at radius 2 is 1.82 bits per heavy atom. The van der Waals surface area contributed by atoms with Gasteiger partial charge in [0.2, 0.25) is 5.16 Å². The molecule has 2 N–H and O–H groups in total. The first kappa shape index (κ1) is 14.8. The topological polar surface area (TPSA) is 61.8 Å². The number of thioether (sulfide) groups is 1. The molecule has 22 heavy (non-hydrogen) atoms. The fourth-order valence-electron chi connectivity index (χ4n) is 2.08. The van der Waals surface area contributed by atoms with Gasteiger partial charge < -0.3 is 5.11 Å². The maximum Gasteiger partial charge on any atom is 0.208 e. The molecule has 0 saturated heterocycles. The van der Waals surface area contributed by atoms with Crippen molar-refractivity contribution in [3.05, 3.63) is 65.7 Å². The number of benzene rings is 2. The largest absolute Gasteiger partial charge is 0.388 e. The number of hydrogen-bond donors (Lipinski definition) is 2. The number of aromatic nitrogens is 3. The van der Waals surface area contributed by atoms with Crippen LogP contribution in [0.5, 0.6) is 0 Å². The zero-order valence-electron chi connectivity index (χ0n) is 12.2. The lowest BCUT2D eigenvalue weighted by Crippen LogP contribution is -2.00. The van der Waals surface area contributed by atoms with E-state index in [1.807, 2.05) is 54.6 Å². The highest BCUT2D eigenvalue weighted by Crippen LogP contribution is 2.24. The van der Waals surface area contributed by atoms with Gasteiger partial charge in [-0.25, -0.2) is 4.98 Å². The molecule has 0 saturated carbocycles. The monoisotopic (exact) mass is 311 g/mol. The maximum absolute atomic E-state index is 10.1. The zero-order chi connectivity index (χ0) is 15.4. The SMILES string of the molecule is Cc1ccc(-c2nc(SCC(O)c3ccccc3)n[nH]2)cc1. The standard InChI is InChI=1S/C17H17N3OS/c1-12-7-9-14(10-8-12)16-18-17(20-19-16)22-11-15(21)13-5-3-2-4-6-13/h2-10,15,21H,11H2,1H3,(H,18,19,20). The maximum atomic E-state index is 10.1. The molecule has 1 atom stereocenters. The number of nitrogens with zero attached hydrogens (tertiary/aromatic N) is 2. The van der Waals surface area contributed by atoms with Crippen LogP contribution >= 0.6 is 11.8 Å². The summed E-state index contributed by atoms with van der Waals surface area (Å²) in [4.78, 5) is 4.46. The molecule has 0 spiro atoms. The summed E-state index contributed by atoms with van der Waals surface area (Å²) in [5.74, 6) is 1.27. The predicted octanol–water partition coefficient (Wildman–Crippen LogP) is 3.61. The van der Waals surface area contributed by atoms with Crippen molar-refractivity contribution in [2.75, 3.05) is 5.75 Å². The summed E-state index contributed by atoms with van der Waals surface area (Å²) in [6, 6.07) is 17.7. The Hall–Kier alpha value is -2.11. The predicted molar refractivity (Wildman–Crippen MR) is 88.7 cm³/mol. The minimum Gasteiger partial charge on any atom is -0.388 e. The second kappa shape index (κ2) is 6.77. The summed E-state index contributed by atoms with van der Waals surface area (Å²) < 4.78 is 0. The minimum absolute atomic E-state index is 0.521. The van der Waals surface area contributed by atoms with Gasteiger partial charge in [-0.2, -0.15) is 0 Å². The number of rotatable bonds is 5. The summed E-state index contributed by atoms with van der Waals surface area (Å²) in [5, 5.41) is 17.9. The van der Waals surface area contributed by atoms with E-state index < -0.39 is 6.10 Å². The lowest BCUT2D eigenvalue weighted by Gasteiger charge is -2.08. The molecule has 112 valence electrons. The van der Waals surface area contributed by atoms with Crippen LogP contribution in [0.1, 0.15) is 17.2 Å². The third kappa shape index (κ3) is 3.55. The summed E-state index contributed by atoms with van der Waals surface area (Å²) in [5.41, 5.74) is 3.13. The first-order valence-electron chi connectivity index (χ1n) is 7.07. The Bertz CT molecular complexity index is 725. The Morgan fingerprint density at radius 1 is 1.09 bits per heavy atom. The van der Waals surface area contributed by atoms with Crippen LogP contribution in [0.2, 0.25) is 0 Å². The van der Waals surface area contributed by atoms with E-state index in [4.69, 9.17) is 0 Å². The Morgan fingerprint density at radius 3 is 2.55 bits per heavy atom. The Kier molecular flexibility index (Phi) is 4.56. The van der Waals surface area contributed by atoms with E-state index >= 15 is 0 Å². The third-order valence-electron chi connectivity index (χ3n) is 3.34. The van der Waals surface area contributed by atoms with Gasteiger partial charge in [-0.1, -0.05) is 71.9 Å². The van der Waals surface area contributed by atoms with Crippen molar-refractivity contribution in [1.29, 1.82) is 0 Å². The number of aliphatic hydroxyl groups is 1. The van der Waals surface area contributed by atoms with Crippen molar-refractivity contribution in [1.82, 2.24) is 15.2 Å². The highest BCUT2D eigenvalue weighted by Gasteiger charge is 2.11. The number of aromatic amines is 1. The lowest BCUT2D eigenvalue weighted by molar-refractivity contribution is 0.204. The van der Waals surface area contributed by atoms with E-state index in [0.29, 0.717) is 10.9 Å². The van der Waals surface area contributed by atoms with E-state index in [1.54, 1.807) is 0 Å². The van der Waals surface area contributed by atoms with Gasteiger partial charge in [0, 0.05) is 11.3 Å². The molecule has 1 unspecified atom stereocenters. The van der Waals surface area contributed by atoms with E-state index in [2.05, 4.69) is 22.1 Å². The first-order chi connectivity index (χ1) is 10.7. The van der Waals surface area contributed by atoms with E-state index in [9.17, 15) is 5.11 Å². The molecule has 2 aromatic carbocycles. The molecule has 0 aliphatic carbocycles. The molecule has 5 heteroatoms. The van der Waals surface area contributed by atoms with Crippen molar-refractivity contribution in [2.24, 2.45) is 0 Å². The van der Waals surface area contributed by atoms with Crippen LogP contribution in [0.15, 0.2) is 59.8 Å². The zero-order valence-corrected chi connectivity index (χ0v) is 13.0. The van der Waals surface area contributed by atoms with Gasteiger partial charge >= 0.3 is 0 Å². The molecule has 0 radical (unpaired) electrons. The lowest BCUT2D eigenvalue weighted by atomic mass is 10.1. The first-order valence-corrected chi connectivity index (χ1v) is 8.06. The van der Waals surface area contributed by atoms with Crippen LogP contribution in [0, 0.1) is 6.92 Å². The van der Waals surface area contributed by atoms with Crippen molar-refractivity contribution < 1.29 is 5.11 Å². The molecule has 1 heterocycles.